The molecule has 2 bridgehead atoms. The van der Waals surface area contributed by atoms with E-state index < -0.39 is 0 Å². The van der Waals surface area contributed by atoms with Crippen molar-refractivity contribution in [1.82, 2.24) is 10.2 Å². The number of rotatable bonds is 3. The molecule has 1 amide bonds. The van der Waals surface area contributed by atoms with Crippen LogP contribution in [0.2, 0.25) is 0 Å². The van der Waals surface area contributed by atoms with Crippen molar-refractivity contribution in [3.8, 4) is 11.3 Å². The monoisotopic (exact) mass is 314 g/mol. The van der Waals surface area contributed by atoms with E-state index in [2.05, 4.69) is 10.2 Å². The van der Waals surface area contributed by atoms with Gasteiger partial charge in [-0.05, 0) is 61.7 Å². The maximum absolute atomic E-state index is 13.0. The minimum absolute atomic E-state index is 0.175. The summed E-state index contributed by atoms with van der Waals surface area (Å²) in [5.74, 6) is 1.12. The van der Waals surface area contributed by atoms with Crippen LogP contribution in [0, 0.1) is 11.7 Å². The Morgan fingerprint density at radius 2 is 2.00 bits per heavy atom. The SMILES string of the molecule is O=C(N[C@@H]1C[C@H]2CCN(C2)C1)c1ccc(-c2ccc(F)cc2)o1. The minimum atomic E-state index is -0.291. The molecule has 5 heteroatoms. The second-order valence-electron chi connectivity index (χ2n) is 6.49. The topological polar surface area (TPSA) is 45.5 Å². The van der Waals surface area contributed by atoms with Crippen molar-refractivity contribution in [1.29, 1.82) is 0 Å². The van der Waals surface area contributed by atoms with Gasteiger partial charge in [-0.1, -0.05) is 0 Å². The molecular formula is C18H19FN2O2. The second kappa shape index (κ2) is 5.81. The quantitative estimate of drug-likeness (QED) is 0.947. The zero-order valence-corrected chi connectivity index (χ0v) is 12.8. The number of halogens is 1. The summed E-state index contributed by atoms with van der Waals surface area (Å²) in [6.07, 6.45) is 2.29. The van der Waals surface area contributed by atoms with Gasteiger partial charge in [-0.2, -0.15) is 0 Å². The van der Waals surface area contributed by atoms with E-state index in [9.17, 15) is 9.18 Å². The highest BCUT2D eigenvalue weighted by Crippen LogP contribution is 2.27. The predicted octanol–water partition coefficient (Wildman–Crippen LogP) is 2.91. The van der Waals surface area contributed by atoms with Gasteiger partial charge in [0.2, 0.25) is 0 Å². The van der Waals surface area contributed by atoms with Crippen molar-refractivity contribution in [2.75, 3.05) is 19.6 Å². The van der Waals surface area contributed by atoms with E-state index in [0.717, 1.165) is 25.1 Å². The van der Waals surface area contributed by atoms with Crippen LogP contribution in [0.25, 0.3) is 11.3 Å². The van der Waals surface area contributed by atoms with Crippen LogP contribution < -0.4 is 5.32 Å². The third kappa shape index (κ3) is 3.01. The highest BCUT2D eigenvalue weighted by atomic mass is 19.1. The molecule has 0 aliphatic carbocycles. The molecule has 23 heavy (non-hydrogen) atoms. The molecule has 2 aliphatic rings. The van der Waals surface area contributed by atoms with Crippen molar-refractivity contribution < 1.29 is 13.6 Å². The summed E-state index contributed by atoms with van der Waals surface area (Å²) in [5.41, 5.74) is 0.757. The Bertz CT molecular complexity index is 698. The number of carbonyl (C=O) groups excluding carboxylic acids is 1. The number of benzene rings is 1. The third-order valence-corrected chi connectivity index (χ3v) is 4.76. The molecule has 2 saturated heterocycles. The molecular weight excluding hydrogens is 295 g/mol. The van der Waals surface area contributed by atoms with Crippen molar-refractivity contribution in [2.45, 2.75) is 18.9 Å². The van der Waals surface area contributed by atoms with E-state index in [1.165, 1.54) is 25.1 Å². The fraction of sp³-hybridized carbons (Fsp3) is 0.389. The summed E-state index contributed by atoms with van der Waals surface area (Å²) in [6, 6.07) is 9.66. The van der Waals surface area contributed by atoms with Gasteiger partial charge in [0.25, 0.3) is 5.91 Å². The van der Waals surface area contributed by atoms with Crippen LogP contribution in [0.3, 0.4) is 0 Å². The number of piperidine rings is 1. The van der Waals surface area contributed by atoms with E-state index >= 15 is 0 Å². The molecule has 4 nitrogen and oxygen atoms in total. The number of hydrogen-bond acceptors (Lipinski definition) is 3. The Balaban J connectivity index is 1.44. The van der Waals surface area contributed by atoms with Gasteiger partial charge in [0, 0.05) is 24.7 Å². The zero-order valence-electron chi connectivity index (χ0n) is 12.8. The van der Waals surface area contributed by atoms with E-state index in [0.29, 0.717) is 17.4 Å². The van der Waals surface area contributed by atoms with E-state index in [-0.39, 0.29) is 17.8 Å². The van der Waals surface area contributed by atoms with Gasteiger partial charge in [0.05, 0.1) is 0 Å². The maximum atomic E-state index is 13.0. The molecule has 1 aromatic carbocycles. The molecule has 120 valence electrons. The molecule has 2 aromatic rings. The summed E-state index contributed by atoms with van der Waals surface area (Å²) in [4.78, 5) is 14.8. The van der Waals surface area contributed by atoms with E-state index in [1.807, 2.05) is 0 Å². The molecule has 0 spiro atoms. The Morgan fingerprint density at radius 1 is 1.17 bits per heavy atom. The zero-order chi connectivity index (χ0) is 15.8. The smallest absolute Gasteiger partial charge is 0.287 e. The third-order valence-electron chi connectivity index (χ3n) is 4.76. The lowest BCUT2D eigenvalue weighted by atomic mass is 9.97. The minimum Gasteiger partial charge on any atom is -0.451 e. The van der Waals surface area contributed by atoms with Gasteiger partial charge in [-0.15, -0.1) is 0 Å². The first-order valence-corrected chi connectivity index (χ1v) is 8.06. The van der Waals surface area contributed by atoms with E-state index in [4.69, 9.17) is 4.42 Å². The van der Waals surface area contributed by atoms with Crippen molar-refractivity contribution in [3.63, 3.8) is 0 Å². The van der Waals surface area contributed by atoms with Crippen molar-refractivity contribution in [3.05, 3.63) is 48.0 Å². The Labute approximate surface area is 134 Å². The Kier molecular flexibility index (Phi) is 3.65. The number of hydrogen-bond donors (Lipinski definition) is 1. The number of furan rings is 1. The van der Waals surface area contributed by atoms with Crippen molar-refractivity contribution >= 4 is 5.91 Å². The lowest BCUT2D eigenvalue weighted by Crippen LogP contribution is -2.46. The normalized spacial score (nSPS) is 26.2. The average Bonchev–Trinajstić information content (AvgIpc) is 3.15. The second-order valence-corrected chi connectivity index (χ2v) is 6.49. The first-order chi connectivity index (χ1) is 11.2. The van der Waals surface area contributed by atoms with Gasteiger partial charge in [0.1, 0.15) is 11.6 Å². The highest BCUT2D eigenvalue weighted by molar-refractivity contribution is 5.92. The van der Waals surface area contributed by atoms with Crippen LogP contribution in [-0.2, 0) is 0 Å². The molecule has 2 fully saturated rings. The summed E-state index contributed by atoms with van der Waals surface area (Å²) in [7, 11) is 0. The molecule has 0 saturated carbocycles. The van der Waals surface area contributed by atoms with Crippen LogP contribution in [0.15, 0.2) is 40.8 Å². The number of carbonyl (C=O) groups is 1. The van der Waals surface area contributed by atoms with Crippen LogP contribution in [-0.4, -0.2) is 36.5 Å². The summed E-state index contributed by atoms with van der Waals surface area (Å²) >= 11 is 0. The van der Waals surface area contributed by atoms with Crippen LogP contribution in [0.5, 0.6) is 0 Å². The van der Waals surface area contributed by atoms with Crippen LogP contribution >= 0.6 is 0 Å². The van der Waals surface area contributed by atoms with E-state index in [1.54, 1.807) is 24.3 Å². The van der Waals surface area contributed by atoms with Gasteiger partial charge in [-0.25, -0.2) is 4.39 Å². The number of amides is 1. The average molecular weight is 314 g/mol. The summed E-state index contributed by atoms with van der Waals surface area (Å²) in [6.45, 7) is 3.24. The van der Waals surface area contributed by atoms with Gasteiger partial charge < -0.3 is 14.6 Å². The molecule has 3 heterocycles. The standard InChI is InChI=1S/C18H19FN2O2/c19-14-3-1-13(2-4-14)16-5-6-17(23-16)18(22)20-15-9-12-7-8-21(10-12)11-15/h1-6,12,15H,7-11H2,(H,20,22)/t12-,15-/m1/s1. The first-order valence-electron chi connectivity index (χ1n) is 8.06. The Morgan fingerprint density at radius 3 is 2.78 bits per heavy atom. The fourth-order valence-corrected chi connectivity index (χ4v) is 3.65. The molecule has 4 rings (SSSR count). The van der Waals surface area contributed by atoms with Crippen LogP contribution in [0.1, 0.15) is 23.4 Å². The number of fused-ring (bicyclic) bond motifs is 2. The first kappa shape index (κ1) is 14.5. The number of nitrogens with one attached hydrogen (secondary N) is 1. The largest absolute Gasteiger partial charge is 0.451 e. The molecule has 2 aliphatic heterocycles. The molecule has 1 aromatic heterocycles. The fourth-order valence-electron chi connectivity index (χ4n) is 3.65. The summed E-state index contributed by atoms with van der Waals surface area (Å²) in [5, 5.41) is 3.08. The molecule has 0 radical (unpaired) electrons. The molecule has 1 unspecified atom stereocenters. The molecule has 3 atom stereocenters. The number of nitrogens with zero attached hydrogens (tertiary/aromatic N) is 1. The maximum Gasteiger partial charge on any atom is 0.287 e. The lowest BCUT2D eigenvalue weighted by molar-refractivity contribution is 0.0882. The van der Waals surface area contributed by atoms with Gasteiger partial charge in [0.15, 0.2) is 5.76 Å². The highest BCUT2D eigenvalue weighted by Gasteiger charge is 2.33. The van der Waals surface area contributed by atoms with Crippen molar-refractivity contribution in [2.24, 2.45) is 5.92 Å². The van der Waals surface area contributed by atoms with Crippen LogP contribution in [0.4, 0.5) is 4.39 Å². The summed E-state index contributed by atoms with van der Waals surface area (Å²) < 4.78 is 18.6. The predicted molar refractivity (Wildman–Crippen MR) is 84.5 cm³/mol. The molecule has 1 N–H and O–H groups in total. The van der Waals surface area contributed by atoms with Gasteiger partial charge >= 0.3 is 0 Å². The lowest BCUT2D eigenvalue weighted by Gasteiger charge is -2.30. The van der Waals surface area contributed by atoms with Gasteiger partial charge in [-0.3, -0.25) is 4.79 Å². The Hall–Kier alpha value is -2.14.